The maximum absolute atomic E-state index is 10.8. The van der Waals surface area contributed by atoms with Crippen LogP contribution in [-0.4, -0.2) is 30.8 Å². The van der Waals surface area contributed by atoms with Crippen LogP contribution in [-0.2, 0) is 20.7 Å². The number of carbonyl (C=O) groups is 2. The highest BCUT2D eigenvalue weighted by atomic mass is 16.6. The second-order valence-electron chi connectivity index (χ2n) is 3.40. The summed E-state index contributed by atoms with van der Waals surface area (Å²) in [7, 11) is 1.29. The molecule has 0 heterocycles. The van der Waals surface area contributed by atoms with Crippen LogP contribution >= 0.6 is 0 Å². The number of benzene rings is 1. The number of carboxylic acid groups (broad SMARTS) is 1. The summed E-state index contributed by atoms with van der Waals surface area (Å²) >= 11 is 0. The van der Waals surface area contributed by atoms with Gasteiger partial charge in [-0.25, -0.2) is 4.79 Å². The Morgan fingerprint density at radius 1 is 1.24 bits per heavy atom. The molecule has 0 spiro atoms. The SMILES string of the molecule is COC(=O)COc1ccc(CCC(=O)O)cc1. The van der Waals surface area contributed by atoms with Crippen molar-refractivity contribution in [1.82, 2.24) is 0 Å². The quantitative estimate of drug-likeness (QED) is 0.755. The van der Waals surface area contributed by atoms with Crippen molar-refractivity contribution in [3.8, 4) is 5.75 Å². The molecule has 0 aliphatic heterocycles. The van der Waals surface area contributed by atoms with Crippen molar-refractivity contribution < 1.29 is 24.2 Å². The molecule has 0 amide bonds. The van der Waals surface area contributed by atoms with Gasteiger partial charge in [0.1, 0.15) is 5.75 Å². The molecular weight excluding hydrogens is 224 g/mol. The van der Waals surface area contributed by atoms with Crippen molar-refractivity contribution in [2.75, 3.05) is 13.7 Å². The summed E-state index contributed by atoms with van der Waals surface area (Å²) in [6, 6.07) is 6.94. The van der Waals surface area contributed by atoms with Gasteiger partial charge in [-0.1, -0.05) is 12.1 Å². The van der Waals surface area contributed by atoms with Crippen LogP contribution in [0.2, 0.25) is 0 Å². The Balaban J connectivity index is 2.44. The second kappa shape index (κ2) is 6.52. The van der Waals surface area contributed by atoms with E-state index in [9.17, 15) is 9.59 Å². The van der Waals surface area contributed by atoms with Crippen LogP contribution in [0.15, 0.2) is 24.3 Å². The van der Waals surface area contributed by atoms with Gasteiger partial charge in [-0.3, -0.25) is 4.79 Å². The molecule has 0 aliphatic rings. The number of aryl methyl sites for hydroxylation is 1. The van der Waals surface area contributed by atoms with Gasteiger partial charge in [0.15, 0.2) is 6.61 Å². The minimum atomic E-state index is -0.823. The van der Waals surface area contributed by atoms with Gasteiger partial charge in [0.2, 0.25) is 0 Å². The van der Waals surface area contributed by atoms with Crippen LogP contribution in [0, 0.1) is 0 Å². The fourth-order valence-corrected chi connectivity index (χ4v) is 1.20. The molecule has 0 aromatic heterocycles. The molecule has 0 radical (unpaired) electrons. The highest BCUT2D eigenvalue weighted by molar-refractivity contribution is 5.70. The highest BCUT2D eigenvalue weighted by Gasteiger charge is 2.02. The smallest absolute Gasteiger partial charge is 0.343 e. The van der Waals surface area contributed by atoms with E-state index in [-0.39, 0.29) is 13.0 Å². The molecule has 1 aromatic carbocycles. The van der Waals surface area contributed by atoms with Crippen molar-refractivity contribution in [2.45, 2.75) is 12.8 Å². The lowest BCUT2D eigenvalue weighted by Crippen LogP contribution is -2.12. The Labute approximate surface area is 99.0 Å². The number of methoxy groups -OCH3 is 1. The maximum Gasteiger partial charge on any atom is 0.343 e. The normalized spacial score (nSPS) is 9.71. The Bertz CT molecular complexity index is 382. The number of esters is 1. The number of hydrogen-bond acceptors (Lipinski definition) is 4. The monoisotopic (exact) mass is 238 g/mol. The van der Waals surface area contributed by atoms with E-state index in [0.29, 0.717) is 12.2 Å². The molecule has 92 valence electrons. The summed E-state index contributed by atoms with van der Waals surface area (Å²) in [6.45, 7) is -0.134. The van der Waals surface area contributed by atoms with Crippen LogP contribution in [0.5, 0.6) is 5.75 Å². The Kier molecular flexibility index (Phi) is 5.00. The maximum atomic E-state index is 10.8. The van der Waals surface area contributed by atoms with Gasteiger partial charge in [-0.15, -0.1) is 0 Å². The molecule has 5 heteroatoms. The molecule has 1 N–H and O–H groups in total. The standard InChI is InChI=1S/C12H14O5/c1-16-12(15)8-17-10-5-2-9(3-6-10)4-7-11(13)14/h2-3,5-6H,4,7-8H2,1H3,(H,13,14). The summed E-state index contributed by atoms with van der Waals surface area (Å²) in [4.78, 5) is 21.2. The van der Waals surface area contributed by atoms with E-state index in [2.05, 4.69) is 4.74 Å². The molecule has 1 aromatic rings. The lowest BCUT2D eigenvalue weighted by molar-refractivity contribution is -0.143. The molecule has 17 heavy (non-hydrogen) atoms. The van der Waals surface area contributed by atoms with E-state index in [1.54, 1.807) is 24.3 Å². The third-order valence-corrected chi connectivity index (χ3v) is 2.14. The first-order valence-electron chi connectivity index (χ1n) is 5.12. The van der Waals surface area contributed by atoms with Gasteiger partial charge in [-0.2, -0.15) is 0 Å². The molecule has 0 bridgehead atoms. The molecule has 1 rings (SSSR count). The average molecular weight is 238 g/mol. The number of carbonyl (C=O) groups excluding carboxylic acids is 1. The molecule has 0 atom stereocenters. The van der Waals surface area contributed by atoms with E-state index in [1.807, 2.05) is 0 Å². The number of rotatable bonds is 6. The van der Waals surface area contributed by atoms with Gasteiger partial charge in [0, 0.05) is 6.42 Å². The van der Waals surface area contributed by atoms with Crippen LogP contribution in [0.3, 0.4) is 0 Å². The molecule has 0 saturated carbocycles. The van der Waals surface area contributed by atoms with Crippen molar-refractivity contribution in [2.24, 2.45) is 0 Å². The number of aliphatic carboxylic acids is 1. The van der Waals surface area contributed by atoms with E-state index in [1.165, 1.54) is 7.11 Å². The first-order chi connectivity index (χ1) is 8.11. The third kappa shape index (κ3) is 5.01. The average Bonchev–Trinajstić information content (AvgIpc) is 2.34. The van der Waals surface area contributed by atoms with Crippen LogP contribution in [0.25, 0.3) is 0 Å². The third-order valence-electron chi connectivity index (χ3n) is 2.14. The van der Waals surface area contributed by atoms with Crippen LogP contribution < -0.4 is 4.74 Å². The van der Waals surface area contributed by atoms with E-state index in [4.69, 9.17) is 9.84 Å². The minimum absolute atomic E-state index is 0.0996. The minimum Gasteiger partial charge on any atom is -0.482 e. The predicted octanol–water partition coefficient (Wildman–Crippen LogP) is 1.26. The van der Waals surface area contributed by atoms with Crippen LogP contribution in [0.4, 0.5) is 0 Å². The first-order valence-corrected chi connectivity index (χ1v) is 5.12. The van der Waals surface area contributed by atoms with E-state index < -0.39 is 11.9 Å². The topological polar surface area (TPSA) is 72.8 Å². The van der Waals surface area contributed by atoms with E-state index >= 15 is 0 Å². The summed E-state index contributed by atoms with van der Waals surface area (Å²) in [5.74, 6) is -0.717. The Morgan fingerprint density at radius 3 is 2.41 bits per heavy atom. The van der Waals surface area contributed by atoms with Gasteiger partial charge < -0.3 is 14.6 Å². The first kappa shape index (κ1) is 13.0. The zero-order valence-electron chi connectivity index (χ0n) is 9.51. The van der Waals surface area contributed by atoms with Crippen molar-refractivity contribution in [3.63, 3.8) is 0 Å². The second-order valence-corrected chi connectivity index (χ2v) is 3.40. The molecule has 5 nitrogen and oxygen atoms in total. The highest BCUT2D eigenvalue weighted by Crippen LogP contribution is 2.13. The molecular formula is C12H14O5. The van der Waals surface area contributed by atoms with E-state index in [0.717, 1.165) is 5.56 Å². The number of carboxylic acids is 1. The van der Waals surface area contributed by atoms with Gasteiger partial charge in [0.25, 0.3) is 0 Å². The molecule has 0 aliphatic carbocycles. The number of hydrogen-bond donors (Lipinski definition) is 1. The molecule has 0 fully saturated rings. The molecule has 0 saturated heterocycles. The fraction of sp³-hybridized carbons (Fsp3) is 0.333. The van der Waals surface area contributed by atoms with Crippen LogP contribution in [0.1, 0.15) is 12.0 Å². The van der Waals surface area contributed by atoms with Crippen molar-refractivity contribution in [3.05, 3.63) is 29.8 Å². The largest absolute Gasteiger partial charge is 0.482 e. The fourth-order valence-electron chi connectivity index (χ4n) is 1.20. The molecule has 0 unspecified atom stereocenters. The zero-order chi connectivity index (χ0) is 12.7. The summed E-state index contributed by atoms with van der Waals surface area (Å²) < 4.78 is 9.58. The van der Waals surface area contributed by atoms with Gasteiger partial charge in [0.05, 0.1) is 7.11 Å². The van der Waals surface area contributed by atoms with Gasteiger partial charge >= 0.3 is 11.9 Å². The Hall–Kier alpha value is -2.04. The summed E-state index contributed by atoms with van der Waals surface area (Å²) in [5.41, 5.74) is 0.915. The zero-order valence-corrected chi connectivity index (χ0v) is 9.51. The predicted molar refractivity (Wildman–Crippen MR) is 59.9 cm³/mol. The Morgan fingerprint density at radius 2 is 1.88 bits per heavy atom. The van der Waals surface area contributed by atoms with Crippen molar-refractivity contribution >= 4 is 11.9 Å². The summed E-state index contributed by atoms with van der Waals surface area (Å²) in [5, 5.41) is 8.53. The lowest BCUT2D eigenvalue weighted by atomic mass is 10.1. The summed E-state index contributed by atoms with van der Waals surface area (Å²) in [6.07, 6.45) is 0.578. The lowest BCUT2D eigenvalue weighted by Gasteiger charge is -2.05. The van der Waals surface area contributed by atoms with Crippen molar-refractivity contribution in [1.29, 1.82) is 0 Å². The number of ether oxygens (including phenoxy) is 2. The van der Waals surface area contributed by atoms with Gasteiger partial charge in [-0.05, 0) is 24.1 Å².